The number of amides is 1. The van der Waals surface area contributed by atoms with E-state index in [2.05, 4.69) is 0 Å². The van der Waals surface area contributed by atoms with Gasteiger partial charge in [0.25, 0.3) is 0 Å². The van der Waals surface area contributed by atoms with Crippen LogP contribution in [0.25, 0.3) is 0 Å². The monoisotopic (exact) mass is 308 g/mol. The largest absolute Gasteiger partial charge is 0.336 e. The first-order valence-electron chi connectivity index (χ1n) is 6.45. The summed E-state index contributed by atoms with van der Waals surface area (Å²) in [5.74, 6) is -0.0665. The summed E-state index contributed by atoms with van der Waals surface area (Å²) in [7, 11) is 0. The summed E-state index contributed by atoms with van der Waals surface area (Å²) in [5.41, 5.74) is 6.89. The van der Waals surface area contributed by atoms with Gasteiger partial charge >= 0.3 is 0 Å². The molecule has 2 N–H and O–H groups in total. The molecule has 5 heteroatoms. The zero-order valence-electron chi connectivity index (χ0n) is 11.3. The average molecular weight is 309 g/mol. The van der Waals surface area contributed by atoms with E-state index in [4.69, 9.17) is 17.3 Å². The minimum Gasteiger partial charge on any atom is -0.336 e. The SMILES string of the molecule is CCN(Cc1ccc(Cl)s1)C(=O)[C@H](N)c1ccccc1. The molecule has 1 amide bonds. The van der Waals surface area contributed by atoms with E-state index in [-0.39, 0.29) is 5.91 Å². The van der Waals surface area contributed by atoms with Gasteiger partial charge in [-0.05, 0) is 24.6 Å². The molecule has 2 aromatic rings. The Hall–Kier alpha value is -1.36. The van der Waals surface area contributed by atoms with Crippen molar-refractivity contribution in [1.29, 1.82) is 0 Å². The number of rotatable bonds is 5. The highest BCUT2D eigenvalue weighted by atomic mass is 35.5. The molecule has 3 nitrogen and oxygen atoms in total. The van der Waals surface area contributed by atoms with Crippen molar-refractivity contribution in [2.24, 2.45) is 5.73 Å². The van der Waals surface area contributed by atoms with Gasteiger partial charge in [0.15, 0.2) is 0 Å². The highest BCUT2D eigenvalue weighted by Crippen LogP contribution is 2.23. The molecule has 1 atom stereocenters. The fraction of sp³-hybridized carbons (Fsp3) is 0.267. The van der Waals surface area contributed by atoms with Crippen molar-refractivity contribution in [3.8, 4) is 0 Å². The third-order valence-electron chi connectivity index (χ3n) is 3.09. The lowest BCUT2D eigenvalue weighted by molar-refractivity contribution is -0.133. The molecule has 20 heavy (non-hydrogen) atoms. The Morgan fingerprint density at radius 2 is 2.00 bits per heavy atom. The van der Waals surface area contributed by atoms with Crippen LogP contribution < -0.4 is 5.73 Å². The molecule has 1 aromatic heterocycles. The quantitative estimate of drug-likeness (QED) is 0.919. The second kappa shape index (κ2) is 6.88. The van der Waals surface area contributed by atoms with E-state index in [0.717, 1.165) is 14.8 Å². The Bertz CT molecular complexity index is 570. The van der Waals surface area contributed by atoms with Gasteiger partial charge < -0.3 is 10.6 Å². The van der Waals surface area contributed by atoms with Crippen molar-refractivity contribution in [2.75, 3.05) is 6.54 Å². The van der Waals surface area contributed by atoms with Crippen LogP contribution in [0.4, 0.5) is 0 Å². The molecule has 2 rings (SSSR count). The second-order valence-corrected chi connectivity index (χ2v) is 6.25. The fourth-order valence-electron chi connectivity index (χ4n) is 1.97. The molecule has 0 bridgehead atoms. The van der Waals surface area contributed by atoms with Gasteiger partial charge in [-0.25, -0.2) is 0 Å². The number of hydrogen-bond acceptors (Lipinski definition) is 3. The maximum Gasteiger partial charge on any atom is 0.244 e. The highest BCUT2D eigenvalue weighted by Gasteiger charge is 2.21. The normalized spacial score (nSPS) is 12.2. The summed E-state index contributed by atoms with van der Waals surface area (Å²) in [6, 6.07) is 12.6. The Morgan fingerprint density at radius 3 is 2.55 bits per heavy atom. The van der Waals surface area contributed by atoms with Gasteiger partial charge in [0.05, 0.1) is 10.9 Å². The zero-order valence-corrected chi connectivity index (χ0v) is 12.8. The lowest BCUT2D eigenvalue weighted by atomic mass is 10.1. The van der Waals surface area contributed by atoms with Crippen LogP contribution in [-0.2, 0) is 11.3 Å². The maximum atomic E-state index is 12.5. The lowest BCUT2D eigenvalue weighted by Gasteiger charge is -2.24. The summed E-state index contributed by atoms with van der Waals surface area (Å²) < 4.78 is 0.732. The molecule has 0 aliphatic rings. The molecule has 0 spiro atoms. The van der Waals surface area contributed by atoms with E-state index in [1.54, 1.807) is 4.90 Å². The summed E-state index contributed by atoms with van der Waals surface area (Å²) >= 11 is 7.40. The first-order valence-corrected chi connectivity index (χ1v) is 7.64. The first-order chi connectivity index (χ1) is 9.61. The van der Waals surface area contributed by atoms with E-state index in [1.807, 2.05) is 49.4 Å². The van der Waals surface area contributed by atoms with E-state index in [0.29, 0.717) is 13.1 Å². The molecule has 0 aliphatic carbocycles. The van der Waals surface area contributed by atoms with E-state index < -0.39 is 6.04 Å². The number of hydrogen-bond donors (Lipinski definition) is 1. The molecule has 0 fully saturated rings. The van der Waals surface area contributed by atoms with Crippen LogP contribution in [0.5, 0.6) is 0 Å². The molecular weight excluding hydrogens is 292 g/mol. The molecular formula is C15H17ClN2OS. The number of nitrogens with two attached hydrogens (primary N) is 1. The van der Waals surface area contributed by atoms with Crippen molar-refractivity contribution >= 4 is 28.8 Å². The van der Waals surface area contributed by atoms with Crippen molar-refractivity contribution in [3.05, 3.63) is 57.2 Å². The Labute approximate surface area is 128 Å². The standard InChI is InChI=1S/C15H17ClN2OS/c1-2-18(10-12-8-9-13(16)20-12)15(19)14(17)11-6-4-3-5-7-11/h3-9,14H,2,10,17H2,1H3/t14-/m1/s1. The maximum absolute atomic E-state index is 12.5. The van der Waals surface area contributed by atoms with Crippen molar-refractivity contribution in [3.63, 3.8) is 0 Å². The smallest absolute Gasteiger partial charge is 0.244 e. The Kier molecular flexibility index (Phi) is 5.17. The van der Waals surface area contributed by atoms with Gasteiger partial charge in [0.1, 0.15) is 6.04 Å². The molecule has 0 saturated carbocycles. The van der Waals surface area contributed by atoms with Crippen molar-refractivity contribution in [1.82, 2.24) is 4.90 Å². The number of thiophene rings is 1. The average Bonchev–Trinajstić information content (AvgIpc) is 2.89. The van der Waals surface area contributed by atoms with Crippen LogP contribution in [0.3, 0.4) is 0 Å². The molecule has 0 aliphatic heterocycles. The Balaban J connectivity index is 2.09. The highest BCUT2D eigenvalue weighted by molar-refractivity contribution is 7.16. The van der Waals surface area contributed by atoms with Crippen LogP contribution in [0.2, 0.25) is 4.34 Å². The van der Waals surface area contributed by atoms with E-state index in [9.17, 15) is 4.79 Å². The minimum absolute atomic E-state index is 0.0665. The summed E-state index contributed by atoms with van der Waals surface area (Å²) in [6.07, 6.45) is 0. The molecule has 0 unspecified atom stereocenters. The number of nitrogens with zero attached hydrogens (tertiary/aromatic N) is 1. The number of carbonyl (C=O) groups excluding carboxylic acids is 1. The van der Waals surface area contributed by atoms with Gasteiger partial charge in [-0.3, -0.25) is 4.79 Å². The van der Waals surface area contributed by atoms with E-state index >= 15 is 0 Å². The van der Waals surface area contributed by atoms with Crippen LogP contribution in [0, 0.1) is 0 Å². The van der Waals surface area contributed by atoms with Gasteiger partial charge in [0.2, 0.25) is 5.91 Å². The van der Waals surface area contributed by atoms with Gasteiger partial charge in [0, 0.05) is 11.4 Å². The second-order valence-electron chi connectivity index (χ2n) is 4.45. The molecule has 0 saturated heterocycles. The number of benzene rings is 1. The summed E-state index contributed by atoms with van der Waals surface area (Å²) in [6.45, 7) is 3.12. The molecule has 1 aromatic carbocycles. The van der Waals surface area contributed by atoms with Crippen LogP contribution in [0.1, 0.15) is 23.4 Å². The first kappa shape index (κ1) is 15.0. The van der Waals surface area contributed by atoms with Gasteiger partial charge in [-0.15, -0.1) is 11.3 Å². The predicted octanol–water partition coefficient (Wildman–Crippen LogP) is 3.45. The molecule has 106 valence electrons. The minimum atomic E-state index is -0.619. The summed E-state index contributed by atoms with van der Waals surface area (Å²) in [4.78, 5) is 15.3. The zero-order chi connectivity index (χ0) is 14.5. The number of carbonyl (C=O) groups is 1. The van der Waals surface area contributed by atoms with Gasteiger partial charge in [-0.2, -0.15) is 0 Å². The van der Waals surface area contributed by atoms with Crippen LogP contribution in [-0.4, -0.2) is 17.4 Å². The fourth-order valence-corrected chi connectivity index (χ4v) is 3.07. The van der Waals surface area contributed by atoms with Crippen LogP contribution >= 0.6 is 22.9 Å². The van der Waals surface area contributed by atoms with Gasteiger partial charge in [-0.1, -0.05) is 41.9 Å². The Morgan fingerprint density at radius 1 is 1.30 bits per heavy atom. The van der Waals surface area contributed by atoms with Crippen LogP contribution in [0.15, 0.2) is 42.5 Å². The molecule has 1 heterocycles. The number of likely N-dealkylation sites (N-methyl/N-ethyl adjacent to an activating group) is 1. The van der Waals surface area contributed by atoms with Crippen molar-refractivity contribution < 1.29 is 4.79 Å². The topological polar surface area (TPSA) is 46.3 Å². The van der Waals surface area contributed by atoms with Crippen molar-refractivity contribution in [2.45, 2.75) is 19.5 Å². The van der Waals surface area contributed by atoms with E-state index in [1.165, 1.54) is 11.3 Å². The number of halogens is 1. The summed E-state index contributed by atoms with van der Waals surface area (Å²) in [5, 5.41) is 0. The third kappa shape index (κ3) is 3.60. The molecule has 0 radical (unpaired) electrons. The third-order valence-corrected chi connectivity index (χ3v) is 4.31. The lowest BCUT2D eigenvalue weighted by Crippen LogP contribution is -2.37. The predicted molar refractivity (Wildman–Crippen MR) is 83.8 cm³/mol.